The molecular weight excluding hydrogens is 498 g/mol. The molecule has 0 aromatic heterocycles. The number of thioether (sulfide) groups is 1. The maximum absolute atomic E-state index is 14.4. The maximum atomic E-state index is 14.4. The van der Waals surface area contributed by atoms with Gasteiger partial charge in [0.1, 0.15) is 24.3 Å². The zero-order valence-electron chi connectivity index (χ0n) is 17.0. The smallest absolute Gasteiger partial charge is 0.333 e. The highest BCUT2D eigenvalue weighted by Crippen LogP contribution is 2.39. The lowest BCUT2D eigenvalue weighted by atomic mass is 10.0. The Morgan fingerprint density at radius 2 is 1.48 bits per heavy atom. The Morgan fingerprint density at radius 1 is 0.970 bits per heavy atom. The van der Waals surface area contributed by atoms with Crippen LogP contribution in [0.4, 0.5) is 26.3 Å². The lowest BCUT2D eigenvalue weighted by Gasteiger charge is -2.15. The molecule has 0 unspecified atom stereocenters. The van der Waals surface area contributed by atoms with Crippen LogP contribution in [-0.2, 0) is 19.1 Å². The average molecular weight is 513 g/mol. The zero-order chi connectivity index (χ0) is 25.0. The number of esters is 2. The molecule has 0 bridgehead atoms. The third-order valence-corrected chi connectivity index (χ3v) is 5.61. The highest BCUT2D eigenvalue weighted by Gasteiger charge is 2.29. The van der Waals surface area contributed by atoms with Crippen molar-refractivity contribution in [1.29, 1.82) is 0 Å². The number of carbonyl (C=O) groups is 2. The van der Waals surface area contributed by atoms with E-state index in [2.05, 4.69) is 6.58 Å². The number of hydrogen-bond donors (Lipinski definition) is 0. The quantitative estimate of drug-likeness (QED) is 0.0828. The number of halogens is 7. The van der Waals surface area contributed by atoms with E-state index in [1.807, 2.05) is 0 Å². The molecule has 2 aromatic carbocycles. The van der Waals surface area contributed by atoms with E-state index in [1.54, 1.807) is 0 Å². The summed E-state index contributed by atoms with van der Waals surface area (Å²) in [5.41, 5.74) is -2.26. The van der Waals surface area contributed by atoms with Crippen LogP contribution in [0.25, 0.3) is 11.1 Å². The Hall–Kier alpha value is -2.66. The molecule has 178 valence electrons. The Labute approximate surface area is 193 Å². The molecule has 0 fully saturated rings. The van der Waals surface area contributed by atoms with Crippen molar-refractivity contribution in [2.45, 2.75) is 24.0 Å². The molecule has 4 nitrogen and oxygen atoms in total. The van der Waals surface area contributed by atoms with Gasteiger partial charge in [-0.25, -0.2) is 31.1 Å². The normalized spacial score (nSPS) is 11.8. The first-order valence-electron chi connectivity index (χ1n) is 9.03. The number of hydrogen-bond acceptors (Lipinski definition) is 5. The van der Waals surface area contributed by atoms with Gasteiger partial charge in [-0.05, 0) is 26.0 Å². The molecule has 2 rings (SSSR count). The fourth-order valence-electron chi connectivity index (χ4n) is 2.41. The first kappa shape index (κ1) is 26.6. The summed E-state index contributed by atoms with van der Waals surface area (Å²) in [5.74, 6) is -14.1. The largest absolute Gasteiger partial charge is 0.461 e. The molecule has 0 spiro atoms. The number of benzene rings is 2. The Bertz CT molecular complexity index is 1100. The Kier molecular flexibility index (Phi) is 8.84. The highest BCUT2D eigenvalue weighted by atomic mass is 35.5. The molecule has 0 N–H and O–H groups in total. The summed E-state index contributed by atoms with van der Waals surface area (Å²) in [7, 11) is 0. The van der Waals surface area contributed by atoms with Crippen molar-refractivity contribution in [2.24, 2.45) is 0 Å². The first-order valence-corrected chi connectivity index (χ1v) is 10.3. The molecule has 0 heterocycles. The third-order valence-electron chi connectivity index (χ3n) is 4.05. The minimum atomic E-state index is -2.39. The van der Waals surface area contributed by atoms with Crippen LogP contribution in [0.15, 0.2) is 29.2 Å². The molecular formula is C21H15ClF6O4S. The molecule has 33 heavy (non-hydrogen) atoms. The average Bonchev–Trinajstić information content (AvgIpc) is 2.76. The fourth-order valence-corrected chi connectivity index (χ4v) is 3.59. The van der Waals surface area contributed by atoms with E-state index in [9.17, 15) is 35.9 Å². The SMILES string of the molecule is C=C(C)C(=O)OCCOC(=O)[C@H](C)Sc1cc(-c2c(F)c(F)c(F)c(F)c2F)c(F)cc1Cl. The maximum Gasteiger partial charge on any atom is 0.333 e. The summed E-state index contributed by atoms with van der Waals surface area (Å²) in [6.07, 6.45) is 0. The summed E-state index contributed by atoms with van der Waals surface area (Å²) in [5, 5.41) is -1.27. The van der Waals surface area contributed by atoms with E-state index in [0.717, 1.165) is 6.07 Å². The summed E-state index contributed by atoms with van der Waals surface area (Å²) in [4.78, 5) is 23.3. The van der Waals surface area contributed by atoms with Gasteiger partial charge in [0, 0.05) is 16.0 Å². The van der Waals surface area contributed by atoms with E-state index in [-0.39, 0.29) is 28.7 Å². The third kappa shape index (κ3) is 6.02. The molecule has 0 saturated heterocycles. The van der Waals surface area contributed by atoms with Crippen molar-refractivity contribution >= 4 is 35.3 Å². The Morgan fingerprint density at radius 3 is 2.03 bits per heavy atom. The summed E-state index contributed by atoms with van der Waals surface area (Å²) < 4.78 is 92.7. The topological polar surface area (TPSA) is 52.6 Å². The second-order valence-electron chi connectivity index (χ2n) is 6.55. The lowest BCUT2D eigenvalue weighted by molar-refractivity contribution is -0.149. The van der Waals surface area contributed by atoms with Crippen molar-refractivity contribution in [2.75, 3.05) is 13.2 Å². The van der Waals surface area contributed by atoms with Gasteiger partial charge in [0.2, 0.25) is 5.82 Å². The second kappa shape index (κ2) is 11.0. The van der Waals surface area contributed by atoms with Gasteiger partial charge in [-0.15, -0.1) is 11.8 Å². The molecule has 0 aliphatic rings. The van der Waals surface area contributed by atoms with Crippen molar-refractivity contribution in [3.63, 3.8) is 0 Å². The van der Waals surface area contributed by atoms with E-state index in [1.165, 1.54) is 13.8 Å². The molecule has 0 aliphatic heterocycles. The van der Waals surface area contributed by atoms with Crippen LogP contribution in [0.1, 0.15) is 13.8 Å². The zero-order valence-corrected chi connectivity index (χ0v) is 18.6. The van der Waals surface area contributed by atoms with Crippen LogP contribution >= 0.6 is 23.4 Å². The predicted molar refractivity (Wildman–Crippen MR) is 109 cm³/mol. The van der Waals surface area contributed by atoms with Crippen LogP contribution in [0.5, 0.6) is 0 Å². The first-order chi connectivity index (χ1) is 15.4. The molecule has 12 heteroatoms. The summed E-state index contributed by atoms with van der Waals surface area (Å²) >= 11 is 6.61. The van der Waals surface area contributed by atoms with Crippen molar-refractivity contribution in [3.8, 4) is 11.1 Å². The number of carbonyl (C=O) groups excluding carboxylic acids is 2. The van der Waals surface area contributed by atoms with Gasteiger partial charge in [-0.3, -0.25) is 4.79 Å². The number of ether oxygens (including phenoxy) is 2. The van der Waals surface area contributed by atoms with Crippen molar-refractivity contribution in [3.05, 3.63) is 64.2 Å². The molecule has 0 radical (unpaired) electrons. The highest BCUT2D eigenvalue weighted by molar-refractivity contribution is 8.00. The van der Waals surface area contributed by atoms with Crippen molar-refractivity contribution < 1.29 is 45.4 Å². The van der Waals surface area contributed by atoms with Crippen molar-refractivity contribution in [1.82, 2.24) is 0 Å². The van der Waals surface area contributed by atoms with E-state index >= 15 is 0 Å². The standard InChI is InChI=1S/C21H15ClF6O4S/c1-8(2)20(29)31-4-5-32-21(30)9(3)33-13-6-10(12(23)7-11(13)22)14-15(24)17(26)19(28)18(27)16(14)25/h6-7,9H,1,4-5H2,2-3H3/t9-/m0/s1. The second-order valence-corrected chi connectivity index (χ2v) is 8.34. The minimum absolute atomic E-state index is 0.0878. The van der Waals surface area contributed by atoms with Gasteiger partial charge in [0.15, 0.2) is 23.3 Å². The van der Waals surface area contributed by atoms with E-state index in [0.29, 0.717) is 17.8 Å². The monoisotopic (exact) mass is 512 g/mol. The predicted octanol–water partition coefficient (Wildman–Crippen LogP) is 5.98. The molecule has 0 aliphatic carbocycles. The van der Waals surface area contributed by atoms with Crippen LogP contribution < -0.4 is 0 Å². The lowest BCUT2D eigenvalue weighted by Crippen LogP contribution is -2.20. The van der Waals surface area contributed by atoms with Gasteiger partial charge in [0.05, 0.1) is 10.6 Å². The number of rotatable bonds is 8. The van der Waals surface area contributed by atoms with Crippen LogP contribution in [0, 0.1) is 34.9 Å². The minimum Gasteiger partial charge on any atom is -0.461 e. The molecule has 0 saturated carbocycles. The molecule has 2 aromatic rings. The summed E-state index contributed by atoms with van der Waals surface area (Å²) in [6.45, 7) is 5.66. The van der Waals surface area contributed by atoms with E-state index < -0.39 is 63.2 Å². The van der Waals surface area contributed by atoms with Gasteiger partial charge < -0.3 is 9.47 Å². The fraction of sp³-hybridized carbons (Fsp3) is 0.238. The molecule has 1 atom stereocenters. The molecule has 0 amide bonds. The van der Waals surface area contributed by atoms with E-state index in [4.69, 9.17) is 21.1 Å². The van der Waals surface area contributed by atoms with Crippen LogP contribution in [-0.4, -0.2) is 30.4 Å². The van der Waals surface area contributed by atoms with Gasteiger partial charge in [0.25, 0.3) is 0 Å². The van der Waals surface area contributed by atoms with Gasteiger partial charge >= 0.3 is 11.9 Å². The summed E-state index contributed by atoms with van der Waals surface area (Å²) in [6, 6.07) is 1.38. The van der Waals surface area contributed by atoms with Gasteiger partial charge in [-0.2, -0.15) is 0 Å². The van der Waals surface area contributed by atoms with Crippen LogP contribution in [0.2, 0.25) is 5.02 Å². The van der Waals surface area contributed by atoms with Gasteiger partial charge in [-0.1, -0.05) is 18.2 Å². The van der Waals surface area contributed by atoms with Crippen LogP contribution in [0.3, 0.4) is 0 Å². The Balaban J connectivity index is 2.24.